The number of carbonyl (C=O) groups is 3. The molecule has 0 aliphatic carbocycles. The number of morpholine rings is 1. The van der Waals surface area contributed by atoms with Gasteiger partial charge in [-0.15, -0.1) is 12.4 Å². The zero-order valence-corrected chi connectivity index (χ0v) is 14.7. The summed E-state index contributed by atoms with van der Waals surface area (Å²) >= 11 is 0. The third-order valence-electron chi connectivity index (χ3n) is 4.37. The minimum absolute atomic E-state index is 0. The van der Waals surface area contributed by atoms with Crippen LogP contribution in [0.3, 0.4) is 0 Å². The standard InChI is InChI=1S/C17H21N3O4.ClH/c1-10-15(18-6-7-24-10)17(23)19-13-4-2-11(3-5-13)8-12-9-14(21)20-16(12)22;/h2-5,10,12,15,18H,6-9H2,1H3,(H,19,23)(H,20,21,22);1H/t10-,12?,15+;/m1./s1. The zero-order chi connectivity index (χ0) is 17.1. The number of rotatable bonds is 4. The van der Waals surface area contributed by atoms with E-state index in [1.807, 2.05) is 19.1 Å². The van der Waals surface area contributed by atoms with E-state index in [-0.39, 0.29) is 54.6 Å². The van der Waals surface area contributed by atoms with Crippen LogP contribution in [0.15, 0.2) is 24.3 Å². The molecule has 2 fully saturated rings. The Kier molecular flexibility index (Phi) is 6.52. The van der Waals surface area contributed by atoms with Crippen molar-refractivity contribution in [3.63, 3.8) is 0 Å². The van der Waals surface area contributed by atoms with Crippen LogP contribution in [0, 0.1) is 5.92 Å². The fraction of sp³-hybridized carbons (Fsp3) is 0.471. The number of nitrogens with one attached hydrogen (secondary N) is 3. The molecule has 0 bridgehead atoms. The second-order valence-electron chi connectivity index (χ2n) is 6.21. The van der Waals surface area contributed by atoms with Gasteiger partial charge in [-0.2, -0.15) is 0 Å². The monoisotopic (exact) mass is 367 g/mol. The fourth-order valence-electron chi connectivity index (χ4n) is 3.03. The highest BCUT2D eigenvalue weighted by molar-refractivity contribution is 6.03. The molecular weight excluding hydrogens is 346 g/mol. The van der Waals surface area contributed by atoms with E-state index in [9.17, 15) is 14.4 Å². The highest BCUT2D eigenvalue weighted by Crippen LogP contribution is 2.19. The normalized spacial score (nSPS) is 25.9. The molecule has 2 aliphatic heterocycles. The third kappa shape index (κ3) is 4.78. The van der Waals surface area contributed by atoms with Crippen molar-refractivity contribution in [2.24, 2.45) is 5.92 Å². The summed E-state index contributed by atoms with van der Waals surface area (Å²) in [6.45, 7) is 3.13. The van der Waals surface area contributed by atoms with Gasteiger partial charge < -0.3 is 15.4 Å². The number of benzene rings is 1. The molecule has 1 aromatic carbocycles. The first-order valence-electron chi connectivity index (χ1n) is 8.11. The lowest BCUT2D eigenvalue weighted by molar-refractivity contribution is -0.126. The topological polar surface area (TPSA) is 96.5 Å². The molecule has 2 heterocycles. The molecular formula is C17H22ClN3O4. The van der Waals surface area contributed by atoms with Crippen LogP contribution in [0.1, 0.15) is 18.9 Å². The summed E-state index contributed by atoms with van der Waals surface area (Å²) in [5, 5.41) is 8.32. The summed E-state index contributed by atoms with van der Waals surface area (Å²) in [5.41, 5.74) is 1.64. The highest BCUT2D eigenvalue weighted by atomic mass is 35.5. The predicted octanol–water partition coefficient (Wildman–Crippen LogP) is 0.629. The summed E-state index contributed by atoms with van der Waals surface area (Å²) in [7, 11) is 0. The Balaban J connectivity index is 0.00000225. The first kappa shape index (κ1) is 19.4. The van der Waals surface area contributed by atoms with Crippen LogP contribution in [0.25, 0.3) is 0 Å². The molecule has 3 atom stereocenters. The average Bonchev–Trinajstić information content (AvgIpc) is 2.87. The molecule has 0 saturated carbocycles. The second-order valence-corrected chi connectivity index (χ2v) is 6.21. The van der Waals surface area contributed by atoms with Crippen LogP contribution in [-0.2, 0) is 25.5 Å². The molecule has 0 radical (unpaired) electrons. The number of amides is 3. The molecule has 3 N–H and O–H groups in total. The Morgan fingerprint density at radius 3 is 2.60 bits per heavy atom. The van der Waals surface area contributed by atoms with Gasteiger partial charge in [0.1, 0.15) is 6.04 Å². The van der Waals surface area contributed by atoms with E-state index in [1.54, 1.807) is 12.1 Å². The Morgan fingerprint density at radius 1 is 1.28 bits per heavy atom. The van der Waals surface area contributed by atoms with Gasteiger partial charge in [-0.05, 0) is 31.0 Å². The predicted molar refractivity (Wildman–Crippen MR) is 94.5 cm³/mol. The van der Waals surface area contributed by atoms with Crippen LogP contribution >= 0.6 is 12.4 Å². The van der Waals surface area contributed by atoms with E-state index in [2.05, 4.69) is 16.0 Å². The van der Waals surface area contributed by atoms with E-state index in [0.29, 0.717) is 25.3 Å². The van der Waals surface area contributed by atoms with E-state index in [1.165, 1.54) is 0 Å². The Bertz CT molecular complexity index is 650. The first-order valence-corrected chi connectivity index (χ1v) is 8.11. The molecule has 0 spiro atoms. The maximum Gasteiger partial charge on any atom is 0.244 e. The van der Waals surface area contributed by atoms with Crippen LogP contribution in [0.4, 0.5) is 5.69 Å². The second kappa shape index (κ2) is 8.42. The molecule has 2 saturated heterocycles. The first-order chi connectivity index (χ1) is 11.5. The summed E-state index contributed by atoms with van der Waals surface area (Å²) in [6, 6.07) is 6.96. The quantitative estimate of drug-likeness (QED) is 0.678. The number of carbonyl (C=O) groups excluding carboxylic acids is 3. The van der Waals surface area contributed by atoms with E-state index >= 15 is 0 Å². The maximum atomic E-state index is 12.3. The number of imide groups is 1. The highest BCUT2D eigenvalue weighted by Gasteiger charge is 2.30. The lowest BCUT2D eigenvalue weighted by Crippen LogP contribution is -2.53. The number of hydrogen-bond donors (Lipinski definition) is 3. The molecule has 25 heavy (non-hydrogen) atoms. The smallest absolute Gasteiger partial charge is 0.244 e. The van der Waals surface area contributed by atoms with E-state index in [0.717, 1.165) is 5.56 Å². The molecule has 7 nitrogen and oxygen atoms in total. The molecule has 3 rings (SSSR count). The fourth-order valence-corrected chi connectivity index (χ4v) is 3.03. The van der Waals surface area contributed by atoms with E-state index in [4.69, 9.17) is 4.74 Å². The van der Waals surface area contributed by atoms with Gasteiger partial charge in [0.05, 0.1) is 18.6 Å². The van der Waals surface area contributed by atoms with Gasteiger partial charge in [-0.25, -0.2) is 0 Å². The molecule has 1 unspecified atom stereocenters. The Labute approximate surface area is 152 Å². The van der Waals surface area contributed by atoms with Crippen molar-refractivity contribution in [1.29, 1.82) is 0 Å². The lowest BCUT2D eigenvalue weighted by Gasteiger charge is -2.29. The molecule has 0 aromatic heterocycles. The van der Waals surface area contributed by atoms with Gasteiger partial charge in [0.15, 0.2) is 0 Å². The summed E-state index contributed by atoms with van der Waals surface area (Å²) < 4.78 is 5.47. The van der Waals surface area contributed by atoms with Crippen LogP contribution < -0.4 is 16.0 Å². The Hall–Kier alpha value is -1.96. The molecule has 1 aromatic rings. The van der Waals surface area contributed by atoms with Crippen molar-refractivity contribution in [3.8, 4) is 0 Å². The Morgan fingerprint density at radius 2 is 2.00 bits per heavy atom. The van der Waals surface area contributed by atoms with Crippen LogP contribution in [-0.4, -0.2) is 43.0 Å². The van der Waals surface area contributed by atoms with Crippen LogP contribution in [0.5, 0.6) is 0 Å². The number of halogens is 1. The van der Waals surface area contributed by atoms with Crippen molar-refractivity contribution in [2.45, 2.75) is 31.9 Å². The minimum Gasteiger partial charge on any atom is -0.375 e. The molecule has 2 aliphatic rings. The number of ether oxygens (including phenoxy) is 1. The van der Waals surface area contributed by atoms with E-state index < -0.39 is 0 Å². The zero-order valence-electron chi connectivity index (χ0n) is 13.9. The van der Waals surface area contributed by atoms with Gasteiger partial charge in [0.2, 0.25) is 17.7 Å². The van der Waals surface area contributed by atoms with Crippen molar-refractivity contribution < 1.29 is 19.1 Å². The minimum atomic E-state index is -0.369. The van der Waals surface area contributed by atoms with Crippen molar-refractivity contribution in [3.05, 3.63) is 29.8 Å². The van der Waals surface area contributed by atoms with Crippen LogP contribution in [0.2, 0.25) is 0 Å². The van der Waals surface area contributed by atoms with Gasteiger partial charge in [0.25, 0.3) is 0 Å². The molecule has 8 heteroatoms. The van der Waals surface area contributed by atoms with Gasteiger partial charge in [0, 0.05) is 18.7 Å². The van der Waals surface area contributed by atoms with Gasteiger partial charge in [-0.3, -0.25) is 19.7 Å². The SMILES string of the molecule is C[C@H]1OCCN[C@@H]1C(=O)Nc1ccc(CC2CC(=O)NC2=O)cc1.Cl. The maximum absolute atomic E-state index is 12.3. The molecule has 136 valence electrons. The lowest BCUT2D eigenvalue weighted by atomic mass is 9.98. The van der Waals surface area contributed by atoms with Gasteiger partial charge >= 0.3 is 0 Å². The summed E-state index contributed by atoms with van der Waals surface area (Å²) in [4.78, 5) is 35.1. The third-order valence-corrected chi connectivity index (χ3v) is 4.37. The number of hydrogen-bond acceptors (Lipinski definition) is 5. The van der Waals surface area contributed by atoms with Crippen molar-refractivity contribution in [2.75, 3.05) is 18.5 Å². The largest absolute Gasteiger partial charge is 0.375 e. The van der Waals surface area contributed by atoms with Gasteiger partial charge in [-0.1, -0.05) is 12.1 Å². The summed E-state index contributed by atoms with van der Waals surface area (Å²) in [5.74, 6) is -0.863. The van der Waals surface area contributed by atoms with Crippen molar-refractivity contribution >= 4 is 35.8 Å². The van der Waals surface area contributed by atoms with Crippen molar-refractivity contribution in [1.82, 2.24) is 10.6 Å². The average molecular weight is 368 g/mol. The number of anilines is 1. The summed E-state index contributed by atoms with van der Waals surface area (Å²) in [6.07, 6.45) is 0.583. The molecule has 3 amide bonds.